The van der Waals surface area contributed by atoms with E-state index in [2.05, 4.69) is 20.8 Å². The fourth-order valence-corrected chi connectivity index (χ4v) is 8.13. The van der Waals surface area contributed by atoms with Crippen LogP contribution < -0.4 is 0 Å². The van der Waals surface area contributed by atoms with E-state index in [1.54, 1.807) is 0 Å². The average molecular weight is 276 g/mol. The fraction of sp³-hybridized carbons (Fsp3) is 1.00. The van der Waals surface area contributed by atoms with Crippen molar-refractivity contribution in [3.05, 3.63) is 0 Å². The third-order valence-corrected chi connectivity index (χ3v) is 9.69. The maximum atomic E-state index is 12.2. The summed E-state index contributed by atoms with van der Waals surface area (Å²) in [6, 6.07) is 0. The lowest BCUT2D eigenvalue weighted by atomic mass is 9.65. The van der Waals surface area contributed by atoms with Crippen molar-refractivity contribution < 1.29 is 12.6 Å². The minimum atomic E-state index is -3.44. The minimum absolute atomic E-state index is 0.0894. The average Bonchev–Trinajstić information content (AvgIpc) is 2.49. The molecule has 3 rings (SSSR count). The maximum absolute atomic E-state index is 12.2. The summed E-state index contributed by atoms with van der Waals surface area (Å²) in [6.45, 7) is 10.4. The zero-order chi connectivity index (χ0) is 13.1. The molecule has 0 aromatic rings. The van der Waals surface area contributed by atoms with E-state index in [-0.39, 0.29) is 16.1 Å². The molecule has 2 aliphatic carbocycles. The number of hydrogen-bond donors (Lipinski definition) is 1. The molecule has 1 heterocycles. The molecule has 0 spiro atoms. The van der Waals surface area contributed by atoms with E-state index in [0.29, 0.717) is 12.3 Å². The van der Waals surface area contributed by atoms with Crippen LogP contribution in [0.3, 0.4) is 0 Å². The molecular formula is C12H20O3S2. The van der Waals surface area contributed by atoms with Crippen molar-refractivity contribution in [3.8, 4) is 0 Å². The highest BCUT2D eigenvalue weighted by Gasteiger charge is 2.86. The van der Waals surface area contributed by atoms with Gasteiger partial charge in [0.25, 0.3) is 10.1 Å². The second-order valence-corrected chi connectivity index (χ2v) is 9.41. The van der Waals surface area contributed by atoms with Gasteiger partial charge in [-0.15, -0.1) is 0 Å². The Hall–Kier alpha value is 0.260. The van der Waals surface area contributed by atoms with Gasteiger partial charge in [0.1, 0.15) is 5.60 Å². The van der Waals surface area contributed by atoms with Crippen LogP contribution in [0.25, 0.3) is 0 Å². The first-order valence-electron chi connectivity index (χ1n) is 6.12. The molecule has 2 bridgehead atoms. The van der Waals surface area contributed by atoms with Gasteiger partial charge >= 0.3 is 0 Å². The summed E-state index contributed by atoms with van der Waals surface area (Å²) >= 11 is 4.83. The molecule has 0 N–H and O–H groups in total. The van der Waals surface area contributed by atoms with E-state index >= 15 is 0 Å². The molecule has 0 amide bonds. The molecular weight excluding hydrogens is 256 g/mol. The summed E-state index contributed by atoms with van der Waals surface area (Å²) in [6.07, 6.45) is 0.669. The van der Waals surface area contributed by atoms with Crippen molar-refractivity contribution in [2.24, 2.45) is 16.7 Å². The van der Waals surface area contributed by atoms with E-state index in [1.807, 2.05) is 13.8 Å². The van der Waals surface area contributed by atoms with Gasteiger partial charge in [0.15, 0.2) is 0 Å². The highest BCUT2D eigenvalue weighted by Crippen LogP contribution is 2.80. The second kappa shape index (κ2) is 2.59. The molecule has 6 unspecified atom stereocenters. The van der Waals surface area contributed by atoms with Gasteiger partial charge in [-0.2, -0.15) is 21.0 Å². The fourth-order valence-electron chi connectivity index (χ4n) is 4.99. The maximum Gasteiger partial charge on any atom is 0.271 e. The van der Waals surface area contributed by atoms with Crippen LogP contribution in [-0.2, 0) is 14.3 Å². The number of rotatable bonds is 0. The van der Waals surface area contributed by atoms with Crippen molar-refractivity contribution >= 4 is 22.7 Å². The SMILES string of the molecule is CC1C2(C)CC3C1(C)C(C)(OS3(=O)=O)C2(C)S. The Balaban J connectivity index is 2.38. The van der Waals surface area contributed by atoms with E-state index in [9.17, 15) is 8.42 Å². The van der Waals surface area contributed by atoms with Crippen molar-refractivity contribution in [1.82, 2.24) is 0 Å². The molecule has 17 heavy (non-hydrogen) atoms. The Bertz CT molecular complexity index is 507. The third-order valence-electron chi connectivity index (χ3n) is 6.83. The van der Waals surface area contributed by atoms with Gasteiger partial charge in [0.2, 0.25) is 0 Å². The van der Waals surface area contributed by atoms with E-state index in [0.717, 1.165) is 0 Å². The molecule has 3 nitrogen and oxygen atoms in total. The summed E-state index contributed by atoms with van der Waals surface area (Å²) < 4.78 is 29.6. The highest BCUT2D eigenvalue weighted by atomic mass is 32.2. The Morgan fingerprint density at radius 1 is 1.24 bits per heavy atom. The lowest BCUT2D eigenvalue weighted by Crippen LogP contribution is -2.57. The highest BCUT2D eigenvalue weighted by molar-refractivity contribution is 7.88. The molecule has 3 aliphatic rings. The summed E-state index contributed by atoms with van der Waals surface area (Å²) in [5.74, 6) is 0.296. The normalized spacial score (nSPS) is 67.6. The predicted molar refractivity (Wildman–Crippen MR) is 69.6 cm³/mol. The lowest BCUT2D eigenvalue weighted by Gasteiger charge is -2.48. The van der Waals surface area contributed by atoms with Crippen LogP contribution in [0.1, 0.15) is 41.0 Å². The largest absolute Gasteiger partial charge is 0.271 e. The van der Waals surface area contributed by atoms with Crippen LogP contribution in [0.15, 0.2) is 0 Å². The second-order valence-electron chi connectivity index (χ2n) is 6.80. The van der Waals surface area contributed by atoms with Gasteiger partial charge in [-0.1, -0.05) is 20.8 Å². The van der Waals surface area contributed by atoms with E-state index in [4.69, 9.17) is 16.8 Å². The summed E-state index contributed by atoms with van der Waals surface area (Å²) in [7, 11) is -3.44. The topological polar surface area (TPSA) is 43.4 Å². The molecule has 0 aromatic carbocycles. The van der Waals surface area contributed by atoms with Crippen molar-refractivity contribution in [2.75, 3.05) is 0 Å². The van der Waals surface area contributed by atoms with Crippen LogP contribution in [0.4, 0.5) is 0 Å². The van der Waals surface area contributed by atoms with Crippen molar-refractivity contribution in [3.63, 3.8) is 0 Å². The minimum Gasteiger partial charge on any atom is -0.261 e. The molecule has 1 aliphatic heterocycles. The number of fused-ring (bicyclic) bond motifs is 1. The van der Waals surface area contributed by atoms with Gasteiger partial charge in [-0.3, -0.25) is 4.18 Å². The van der Waals surface area contributed by atoms with Crippen LogP contribution >= 0.6 is 12.6 Å². The lowest BCUT2D eigenvalue weighted by molar-refractivity contribution is -0.0139. The first kappa shape index (κ1) is 12.3. The monoisotopic (exact) mass is 276 g/mol. The standard InChI is InChI=1S/C12H20O3S2/c1-7-9(2)6-8-10(7,3)11(4,12(9,5)16)15-17(8,13)14/h7-8,16H,6H2,1-5H3. The zero-order valence-corrected chi connectivity index (χ0v) is 12.7. The molecule has 5 heteroatoms. The van der Waals surface area contributed by atoms with Crippen LogP contribution in [-0.4, -0.2) is 24.0 Å². The molecule has 3 fully saturated rings. The molecule has 2 saturated carbocycles. The predicted octanol–water partition coefficient (Wildman–Crippen LogP) is 2.23. The molecule has 0 radical (unpaired) electrons. The van der Waals surface area contributed by atoms with Gasteiger partial charge in [0, 0.05) is 10.2 Å². The first-order valence-corrected chi connectivity index (χ1v) is 8.04. The van der Waals surface area contributed by atoms with Crippen LogP contribution in [0, 0.1) is 16.7 Å². The Labute approximate surface area is 109 Å². The van der Waals surface area contributed by atoms with Gasteiger partial charge in [-0.05, 0) is 31.6 Å². The van der Waals surface area contributed by atoms with Gasteiger partial charge in [0.05, 0.1) is 5.25 Å². The summed E-state index contributed by atoms with van der Waals surface area (Å²) in [5.41, 5.74) is -1.11. The Morgan fingerprint density at radius 2 is 1.76 bits per heavy atom. The van der Waals surface area contributed by atoms with Crippen molar-refractivity contribution in [1.29, 1.82) is 0 Å². The quantitative estimate of drug-likeness (QED) is 0.545. The third kappa shape index (κ3) is 0.853. The van der Waals surface area contributed by atoms with Gasteiger partial charge < -0.3 is 0 Å². The Kier molecular flexibility index (Phi) is 1.87. The summed E-state index contributed by atoms with van der Waals surface area (Å²) in [5, 5.41) is -0.361. The first-order chi connectivity index (χ1) is 7.45. The summed E-state index contributed by atoms with van der Waals surface area (Å²) in [4.78, 5) is 0. The molecule has 0 aromatic heterocycles. The molecule has 1 saturated heterocycles. The van der Waals surface area contributed by atoms with E-state index in [1.165, 1.54) is 0 Å². The number of thiol groups is 1. The molecule has 6 atom stereocenters. The smallest absolute Gasteiger partial charge is 0.261 e. The Morgan fingerprint density at radius 3 is 2.18 bits per heavy atom. The molecule has 98 valence electrons. The van der Waals surface area contributed by atoms with Gasteiger partial charge in [-0.25, -0.2) is 0 Å². The van der Waals surface area contributed by atoms with E-state index < -0.39 is 20.5 Å². The van der Waals surface area contributed by atoms with Crippen molar-refractivity contribution in [2.45, 2.75) is 56.6 Å². The zero-order valence-electron chi connectivity index (χ0n) is 10.9. The van der Waals surface area contributed by atoms with Crippen LogP contribution in [0.5, 0.6) is 0 Å². The number of hydrogen-bond acceptors (Lipinski definition) is 4. The van der Waals surface area contributed by atoms with Crippen LogP contribution in [0.2, 0.25) is 0 Å².